The lowest BCUT2D eigenvalue weighted by Gasteiger charge is -2.33. The minimum absolute atomic E-state index is 0.175. The minimum Gasteiger partial charge on any atom is -0.327 e. The molecule has 0 unspecified atom stereocenters. The van der Waals surface area contributed by atoms with E-state index in [4.69, 9.17) is 0 Å². The van der Waals surface area contributed by atoms with E-state index in [9.17, 15) is 14.4 Å². The first-order valence-corrected chi connectivity index (χ1v) is 9.18. The number of anilines is 1. The summed E-state index contributed by atoms with van der Waals surface area (Å²) in [4.78, 5) is 42.0. The third kappa shape index (κ3) is 3.16. The lowest BCUT2D eigenvalue weighted by atomic mass is 10.0. The lowest BCUT2D eigenvalue weighted by molar-refractivity contribution is -0.128. The van der Waals surface area contributed by atoms with E-state index >= 15 is 0 Å². The second kappa shape index (κ2) is 7.19. The van der Waals surface area contributed by atoms with Crippen LogP contribution in [-0.4, -0.2) is 35.2 Å². The van der Waals surface area contributed by atoms with Gasteiger partial charge in [0.15, 0.2) is 0 Å². The zero-order valence-corrected chi connectivity index (χ0v) is 14.9. The summed E-state index contributed by atoms with van der Waals surface area (Å²) in [7, 11) is 0. The van der Waals surface area contributed by atoms with Gasteiger partial charge >= 0.3 is 0 Å². The van der Waals surface area contributed by atoms with Crippen LogP contribution >= 0.6 is 0 Å². The average molecular weight is 360 g/mol. The van der Waals surface area contributed by atoms with Crippen molar-refractivity contribution in [2.24, 2.45) is 0 Å². The maximum Gasteiger partial charge on any atom is 0.257 e. The van der Waals surface area contributed by atoms with Gasteiger partial charge in [-0.25, -0.2) is 4.90 Å². The van der Waals surface area contributed by atoms with Gasteiger partial charge in [-0.2, -0.15) is 0 Å². The van der Waals surface area contributed by atoms with E-state index in [1.807, 2.05) is 30.3 Å². The molecule has 0 aromatic heterocycles. The number of hydrogen-bond donors (Lipinski definition) is 0. The first-order chi connectivity index (χ1) is 13.2. The number of benzene rings is 2. The molecule has 2 aliphatic heterocycles. The van der Waals surface area contributed by atoms with Gasteiger partial charge in [0, 0.05) is 12.6 Å². The summed E-state index contributed by atoms with van der Waals surface area (Å²) in [6, 6.07) is 15.7. The monoisotopic (exact) mass is 360 g/mol. The van der Waals surface area contributed by atoms with E-state index < -0.39 is 11.9 Å². The highest BCUT2D eigenvalue weighted by Gasteiger charge is 2.42. The first kappa shape index (κ1) is 17.2. The quantitative estimate of drug-likeness (QED) is 0.773. The second-order valence-corrected chi connectivity index (χ2v) is 6.78. The normalized spacial score (nSPS) is 19.6. The fraction of sp³-hybridized carbons (Fsp3) is 0.227. The van der Waals surface area contributed by atoms with Crippen LogP contribution in [0.1, 0.15) is 35.2 Å². The van der Waals surface area contributed by atoms with E-state index in [2.05, 4.69) is 0 Å². The summed E-state index contributed by atoms with van der Waals surface area (Å²) in [5, 5.41) is 0. The summed E-state index contributed by atoms with van der Waals surface area (Å²) >= 11 is 0. The number of fused-ring (bicyclic) bond motifs is 2. The zero-order chi connectivity index (χ0) is 18.8. The highest BCUT2D eigenvalue weighted by atomic mass is 16.2. The van der Waals surface area contributed by atoms with Gasteiger partial charge in [0.05, 0.1) is 11.3 Å². The molecular formula is C22H20N2O3. The largest absolute Gasteiger partial charge is 0.327 e. The number of imide groups is 1. The van der Waals surface area contributed by atoms with Gasteiger partial charge in [0.2, 0.25) is 0 Å². The Morgan fingerprint density at radius 3 is 2.52 bits per heavy atom. The minimum atomic E-state index is -0.576. The Balaban J connectivity index is 1.74. The average Bonchev–Trinajstić information content (AvgIpc) is 2.81. The molecule has 1 atom stereocenters. The summed E-state index contributed by atoms with van der Waals surface area (Å²) < 4.78 is 0. The molecule has 1 fully saturated rings. The Labute approximate surface area is 157 Å². The molecule has 3 amide bonds. The van der Waals surface area contributed by atoms with Crippen LogP contribution in [0.5, 0.6) is 0 Å². The van der Waals surface area contributed by atoms with Crippen molar-refractivity contribution in [1.82, 2.24) is 4.90 Å². The number of hydrogen-bond acceptors (Lipinski definition) is 3. The van der Waals surface area contributed by atoms with Gasteiger partial charge < -0.3 is 4.90 Å². The molecule has 5 nitrogen and oxygen atoms in total. The first-order valence-electron chi connectivity index (χ1n) is 9.18. The molecule has 2 aliphatic rings. The van der Waals surface area contributed by atoms with Crippen molar-refractivity contribution in [3.05, 3.63) is 71.8 Å². The van der Waals surface area contributed by atoms with Crippen molar-refractivity contribution < 1.29 is 14.4 Å². The lowest BCUT2D eigenvalue weighted by Crippen LogP contribution is -2.51. The van der Waals surface area contributed by atoms with E-state index in [1.54, 1.807) is 35.2 Å². The van der Waals surface area contributed by atoms with E-state index in [0.29, 0.717) is 24.2 Å². The zero-order valence-electron chi connectivity index (χ0n) is 14.9. The van der Waals surface area contributed by atoms with Crippen molar-refractivity contribution in [2.45, 2.75) is 25.3 Å². The van der Waals surface area contributed by atoms with Gasteiger partial charge in [0.1, 0.15) is 6.04 Å². The molecule has 136 valence electrons. The Hall–Kier alpha value is -3.21. The predicted octanol–water partition coefficient (Wildman–Crippen LogP) is 3.27. The second-order valence-electron chi connectivity index (χ2n) is 6.78. The van der Waals surface area contributed by atoms with Crippen LogP contribution in [0.25, 0.3) is 6.08 Å². The topological polar surface area (TPSA) is 57.7 Å². The molecule has 4 rings (SSSR count). The number of carbonyl (C=O) groups excluding carboxylic acids is 3. The van der Waals surface area contributed by atoms with Crippen LogP contribution in [0.2, 0.25) is 0 Å². The molecule has 0 radical (unpaired) electrons. The highest BCUT2D eigenvalue weighted by Crippen LogP contribution is 2.32. The SMILES string of the molecule is O=C(/C=C/c1ccccc1)N1C(=O)[C@@H]2CCCCN2C(=O)c2ccccc21. The van der Waals surface area contributed by atoms with Gasteiger partial charge in [-0.3, -0.25) is 14.4 Å². The Morgan fingerprint density at radius 1 is 0.963 bits per heavy atom. The number of nitrogens with zero attached hydrogens (tertiary/aromatic N) is 2. The van der Waals surface area contributed by atoms with E-state index in [1.165, 1.54) is 11.0 Å². The Morgan fingerprint density at radius 2 is 1.70 bits per heavy atom. The predicted molar refractivity (Wildman–Crippen MR) is 103 cm³/mol. The molecule has 1 saturated heterocycles. The molecule has 0 aliphatic carbocycles. The highest BCUT2D eigenvalue weighted by molar-refractivity contribution is 6.25. The molecule has 27 heavy (non-hydrogen) atoms. The fourth-order valence-electron chi connectivity index (χ4n) is 3.74. The van der Waals surface area contributed by atoms with Gasteiger partial charge in [0.25, 0.3) is 17.7 Å². The number of para-hydroxylation sites is 1. The smallest absolute Gasteiger partial charge is 0.257 e. The molecule has 2 aromatic carbocycles. The summed E-state index contributed by atoms with van der Waals surface area (Å²) in [5.74, 6) is -0.932. The Bertz CT molecular complexity index is 920. The number of carbonyl (C=O) groups is 3. The molecule has 0 bridgehead atoms. The maximum atomic E-state index is 13.2. The molecule has 5 heteroatoms. The third-order valence-electron chi connectivity index (χ3n) is 5.08. The molecule has 2 heterocycles. The summed E-state index contributed by atoms with van der Waals surface area (Å²) in [6.07, 6.45) is 5.42. The molecule has 2 aromatic rings. The van der Waals surface area contributed by atoms with Crippen LogP contribution in [0.3, 0.4) is 0 Å². The van der Waals surface area contributed by atoms with Crippen molar-refractivity contribution in [1.29, 1.82) is 0 Å². The summed E-state index contributed by atoms with van der Waals surface area (Å²) in [5.41, 5.74) is 1.64. The van der Waals surface area contributed by atoms with Crippen LogP contribution in [-0.2, 0) is 9.59 Å². The van der Waals surface area contributed by atoms with Gasteiger partial charge in [-0.1, -0.05) is 42.5 Å². The fourth-order valence-corrected chi connectivity index (χ4v) is 3.74. The third-order valence-corrected chi connectivity index (χ3v) is 5.08. The van der Waals surface area contributed by atoms with Crippen molar-refractivity contribution >= 4 is 29.5 Å². The number of amides is 3. The standard InChI is InChI=1S/C22H20N2O3/c25-20(14-13-16-8-2-1-3-9-16)24-18-11-5-4-10-17(18)21(26)23-15-7-6-12-19(23)22(24)27/h1-5,8-11,13-14,19H,6-7,12,15H2/b14-13+/t19-/m0/s1. The van der Waals surface area contributed by atoms with Gasteiger partial charge in [-0.05, 0) is 43.0 Å². The van der Waals surface area contributed by atoms with Crippen LogP contribution in [0.4, 0.5) is 5.69 Å². The number of piperidine rings is 1. The molecule has 0 spiro atoms. The maximum absolute atomic E-state index is 13.2. The molecule has 0 N–H and O–H groups in total. The number of rotatable bonds is 2. The van der Waals surface area contributed by atoms with Crippen LogP contribution in [0.15, 0.2) is 60.7 Å². The van der Waals surface area contributed by atoms with E-state index in [-0.39, 0.29) is 11.8 Å². The van der Waals surface area contributed by atoms with Gasteiger partial charge in [-0.15, -0.1) is 0 Å². The van der Waals surface area contributed by atoms with Crippen molar-refractivity contribution in [2.75, 3.05) is 11.4 Å². The molecule has 0 saturated carbocycles. The van der Waals surface area contributed by atoms with E-state index in [0.717, 1.165) is 18.4 Å². The summed E-state index contributed by atoms with van der Waals surface area (Å²) in [6.45, 7) is 0.547. The Kier molecular flexibility index (Phi) is 4.59. The van der Waals surface area contributed by atoms with Crippen LogP contribution in [0, 0.1) is 0 Å². The van der Waals surface area contributed by atoms with Crippen molar-refractivity contribution in [3.8, 4) is 0 Å². The van der Waals surface area contributed by atoms with Crippen molar-refractivity contribution in [3.63, 3.8) is 0 Å². The van der Waals surface area contributed by atoms with Crippen LogP contribution < -0.4 is 4.90 Å². The molecular weight excluding hydrogens is 340 g/mol.